The molecule has 0 aliphatic heterocycles. The number of nitrogens with one attached hydrogen (secondary N) is 1. The number of esters is 1. The zero-order chi connectivity index (χ0) is 20.4. The predicted molar refractivity (Wildman–Crippen MR) is 110 cm³/mol. The van der Waals surface area contributed by atoms with Crippen LogP contribution in [0.15, 0.2) is 29.3 Å². The van der Waals surface area contributed by atoms with Crippen molar-refractivity contribution >= 4 is 79.6 Å². The van der Waals surface area contributed by atoms with Crippen LogP contribution in [0.3, 0.4) is 0 Å². The van der Waals surface area contributed by atoms with Gasteiger partial charge in [-0.3, -0.25) is 14.4 Å². The highest BCUT2D eigenvalue weighted by molar-refractivity contribution is 7.20. The number of amides is 2. The Bertz CT molecular complexity index is 1160. The van der Waals surface area contributed by atoms with Gasteiger partial charge in [0.15, 0.2) is 4.80 Å². The highest BCUT2D eigenvalue weighted by Crippen LogP contribution is 2.31. The topological polar surface area (TPSA) is 89.8 Å². The van der Waals surface area contributed by atoms with Gasteiger partial charge in [-0.25, -0.2) is 0 Å². The summed E-state index contributed by atoms with van der Waals surface area (Å²) in [4.78, 5) is 40.1. The summed E-state index contributed by atoms with van der Waals surface area (Å²) in [6, 6.07) is 6.63. The van der Waals surface area contributed by atoms with E-state index in [2.05, 4.69) is 10.3 Å². The number of methoxy groups -OCH3 is 1. The molecular weight excluding hydrogens is 445 g/mol. The number of ether oxygens (including phenoxy) is 1. The first-order valence-corrected chi connectivity index (χ1v) is 10.2. The summed E-state index contributed by atoms with van der Waals surface area (Å²) in [5.41, 5.74) is 1.46. The SMILES string of the molecule is COC(=O)Cn1c(=NC(=O)c2cc(Cl)sc2Cl)sc2cc(NC(C)=O)ccc21. The maximum absolute atomic E-state index is 12.6. The number of benzene rings is 1. The van der Waals surface area contributed by atoms with Crippen molar-refractivity contribution in [1.82, 2.24) is 4.57 Å². The summed E-state index contributed by atoms with van der Waals surface area (Å²) in [6.45, 7) is 1.28. The molecule has 0 unspecified atom stereocenters. The standard InChI is InChI=1S/C17H13Cl2N3O4S2/c1-8(23)20-9-3-4-11-12(5-9)27-17(22(11)7-14(24)26-2)21-16(25)10-6-13(18)28-15(10)19/h3-6H,7H2,1-2H3,(H,20,23). The minimum atomic E-state index is -0.569. The van der Waals surface area contributed by atoms with E-state index in [-0.39, 0.29) is 22.4 Å². The molecule has 2 amide bonds. The average molecular weight is 458 g/mol. The highest BCUT2D eigenvalue weighted by atomic mass is 35.5. The molecule has 0 saturated carbocycles. The normalized spacial score (nSPS) is 11.6. The molecule has 0 bridgehead atoms. The Labute approximate surface area is 177 Å². The largest absolute Gasteiger partial charge is 0.468 e. The van der Waals surface area contributed by atoms with E-state index in [0.717, 1.165) is 16.0 Å². The van der Waals surface area contributed by atoms with E-state index in [4.69, 9.17) is 27.9 Å². The number of nitrogens with zero attached hydrogens (tertiary/aromatic N) is 2. The molecule has 2 aromatic heterocycles. The molecule has 7 nitrogen and oxygen atoms in total. The predicted octanol–water partition coefficient (Wildman–Crippen LogP) is 3.94. The fourth-order valence-corrected chi connectivity index (χ4v) is 4.93. The van der Waals surface area contributed by atoms with Crippen LogP contribution in [0.5, 0.6) is 0 Å². The van der Waals surface area contributed by atoms with Crippen LogP contribution < -0.4 is 10.1 Å². The van der Waals surface area contributed by atoms with Crippen molar-refractivity contribution in [2.24, 2.45) is 4.99 Å². The van der Waals surface area contributed by atoms with Gasteiger partial charge < -0.3 is 14.6 Å². The van der Waals surface area contributed by atoms with Gasteiger partial charge in [-0.15, -0.1) is 11.3 Å². The first-order valence-electron chi connectivity index (χ1n) is 7.80. The summed E-state index contributed by atoms with van der Waals surface area (Å²) in [5.74, 6) is -1.26. The van der Waals surface area contributed by atoms with Crippen molar-refractivity contribution in [1.29, 1.82) is 0 Å². The number of carbonyl (C=O) groups is 3. The van der Waals surface area contributed by atoms with E-state index in [0.29, 0.717) is 20.3 Å². The summed E-state index contributed by atoms with van der Waals surface area (Å²) in [5, 5.41) is 2.69. The van der Waals surface area contributed by atoms with Crippen molar-refractivity contribution < 1.29 is 19.1 Å². The monoisotopic (exact) mass is 457 g/mol. The van der Waals surface area contributed by atoms with Gasteiger partial charge in [-0.2, -0.15) is 4.99 Å². The lowest BCUT2D eigenvalue weighted by Gasteiger charge is -2.05. The molecule has 0 atom stereocenters. The Kier molecular flexibility index (Phi) is 6.19. The number of halogens is 2. The molecule has 146 valence electrons. The Morgan fingerprint density at radius 1 is 1.21 bits per heavy atom. The van der Waals surface area contributed by atoms with Crippen LogP contribution in [0.25, 0.3) is 10.2 Å². The Hall–Kier alpha value is -2.20. The van der Waals surface area contributed by atoms with Gasteiger partial charge in [-0.1, -0.05) is 34.5 Å². The van der Waals surface area contributed by atoms with E-state index < -0.39 is 11.9 Å². The second-order valence-corrected chi connectivity index (χ2v) is 8.86. The third-order valence-corrected chi connectivity index (χ3v) is 6.13. The second kappa shape index (κ2) is 8.44. The number of thiazole rings is 1. The van der Waals surface area contributed by atoms with E-state index in [9.17, 15) is 14.4 Å². The minimum Gasteiger partial charge on any atom is -0.468 e. The van der Waals surface area contributed by atoms with Gasteiger partial charge >= 0.3 is 5.97 Å². The number of hydrogen-bond donors (Lipinski definition) is 1. The first kappa shape index (κ1) is 20.5. The van der Waals surface area contributed by atoms with Crippen LogP contribution >= 0.6 is 45.9 Å². The molecule has 3 rings (SSSR count). The number of anilines is 1. The smallest absolute Gasteiger partial charge is 0.325 e. The molecule has 0 radical (unpaired) electrons. The third-order valence-electron chi connectivity index (χ3n) is 3.60. The van der Waals surface area contributed by atoms with Gasteiger partial charge in [0, 0.05) is 12.6 Å². The number of aromatic nitrogens is 1. The molecule has 0 saturated heterocycles. The molecule has 28 heavy (non-hydrogen) atoms. The number of fused-ring (bicyclic) bond motifs is 1. The number of carbonyl (C=O) groups excluding carboxylic acids is 3. The molecule has 11 heteroatoms. The molecule has 0 fully saturated rings. The van der Waals surface area contributed by atoms with Gasteiger partial charge in [0.2, 0.25) is 5.91 Å². The van der Waals surface area contributed by atoms with Crippen LogP contribution in [-0.4, -0.2) is 29.5 Å². The maximum atomic E-state index is 12.6. The maximum Gasteiger partial charge on any atom is 0.325 e. The van der Waals surface area contributed by atoms with Crippen molar-refractivity contribution in [3.8, 4) is 0 Å². The van der Waals surface area contributed by atoms with Crippen molar-refractivity contribution in [3.05, 3.63) is 43.3 Å². The van der Waals surface area contributed by atoms with Crippen molar-refractivity contribution in [2.45, 2.75) is 13.5 Å². The Morgan fingerprint density at radius 3 is 2.57 bits per heavy atom. The minimum absolute atomic E-state index is 0.125. The summed E-state index contributed by atoms with van der Waals surface area (Å²) < 4.78 is 7.67. The number of thiophene rings is 1. The zero-order valence-corrected chi connectivity index (χ0v) is 17.8. The van der Waals surface area contributed by atoms with Gasteiger partial charge in [-0.05, 0) is 24.3 Å². The van der Waals surface area contributed by atoms with E-state index >= 15 is 0 Å². The summed E-state index contributed by atoms with van der Waals surface area (Å²) in [7, 11) is 1.28. The molecule has 2 heterocycles. The lowest BCUT2D eigenvalue weighted by molar-refractivity contribution is -0.141. The zero-order valence-electron chi connectivity index (χ0n) is 14.6. The second-order valence-electron chi connectivity index (χ2n) is 5.57. The van der Waals surface area contributed by atoms with Crippen LogP contribution in [-0.2, 0) is 20.9 Å². The molecule has 0 spiro atoms. The Balaban J connectivity index is 2.14. The van der Waals surface area contributed by atoms with Crippen LogP contribution in [0.1, 0.15) is 17.3 Å². The number of hydrogen-bond acceptors (Lipinski definition) is 6. The first-order chi connectivity index (χ1) is 13.3. The van der Waals surface area contributed by atoms with E-state index in [1.54, 1.807) is 22.8 Å². The summed E-state index contributed by atoms with van der Waals surface area (Å²) >= 11 is 14.2. The van der Waals surface area contributed by atoms with Crippen molar-refractivity contribution in [3.63, 3.8) is 0 Å². The molecule has 3 aromatic rings. The Morgan fingerprint density at radius 2 is 1.96 bits per heavy atom. The molecule has 1 N–H and O–H groups in total. The number of rotatable bonds is 4. The van der Waals surface area contributed by atoms with Gasteiger partial charge in [0.05, 0.1) is 27.2 Å². The average Bonchev–Trinajstić information content (AvgIpc) is 3.13. The lowest BCUT2D eigenvalue weighted by Crippen LogP contribution is -2.22. The quantitative estimate of drug-likeness (QED) is 0.600. The highest BCUT2D eigenvalue weighted by Gasteiger charge is 2.16. The van der Waals surface area contributed by atoms with E-state index in [1.165, 1.54) is 31.4 Å². The fraction of sp³-hybridized carbons (Fsp3) is 0.176. The molecular formula is C17H13Cl2N3O4S2. The molecule has 0 aliphatic carbocycles. The molecule has 1 aromatic carbocycles. The van der Waals surface area contributed by atoms with Crippen LogP contribution in [0.4, 0.5) is 5.69 Å². The fourth-order valence-electron chi connectivity index (χ4n) is 2.42. The van der Waals surface area contributed by atoms with Crippen molar-refractivity contribution in [2.75, 3.05) is 12.4 Å². The molecule has 0 aliphatic rings. The lowest BCUT2D eigenvalue weighted by atomic mass is 10.3. The van der Waals surface area contributed by atoms with Crippen LogP contribution in [0, 0.1) is 0 Å². The van der Waals surface area contributed by atoms with Crippen LogP contribution in [0.2, 0.25) is 8.67 Å². The third kappa shape index (κ3) is 4.44. The van der Waals surface area contributed by atoms with Gasteiger partial charge in [0.1, 0.15) is 10.9 Å². The van der Waals surface area contributed by atoms with E-state index in [1.807, 2.05) is 0 Å². The summed E-state index contributed by atoms with van der Waals surface area (Å²) in [6.07, 6.45) is 0. The van der Waals surface area contributed by atoms with Gasteiger partial charge in [0.25, 0.3) is 5.91 Å².